The number of hydrogen-bond acceptors (Lipinski definition) is 7. The zero-order valence-electron chi connectivity index (χ0n) is 23.5. The number of ether oxygens (including phenoxy) is 2. The Morgan fingerprint density at radius 2 is 1.70 bits per heavy atom. The van der Waals surface area contributed by atoms with E-state index in [-0.39, 0.29) is 22.9 Å². The number of halogens is 3. The van der Waals surface area contributed by atoms with Crippen LogP contribution >= 0.6 is 0 Å². The van der Waals surface area contributed by atoms with Crippen LogP contribution in [0.4, 0.5) is 19.0 Å². The van der Waals surface area contributed by atoms with E-state index in [1.54, 1.807) is 39.0 Å². The first-order valence-electron chi connectivity index (χ1n) is 13.3. The molecule has 0 aliphatic carbocycles. The van der Waals surface area contributed by atoms with Gasteiger partial charge < -0.3 is 9.47 Å². The van der Waals surface area contributed by atoms with Crippen LogP contribution < -0.4 is 9.46 Å². The number of alkyl halides is 3. The summed E-state index contributed by atoms with van der Waals surface area (Å²) in [5.41, 5.74) is 0.814. The zero-order valence-corrected chi connectivity index (χ0v) is 24.3. The van der Waals surface area contributed by atoms with Gasteiger partial charge in [-0.15, -0.1) is 5.10 Å². The van der Waals surface area contributed by atoms with Crippen molar-refractivity contribution in [2.24, 2.45) is 0 Å². The Bertz CT molecular complexity index is 1750. The summed E-state index contributed by atoms with van der Waals surface area (Å²) in [5.74, 6) is -0.576. The molecule has 0 spiro atoms. The largest absolute Gasteiger partial charge is 0.493 e. The molecule has 0 amide bonds. The Balaban J connectivity index is 1.53. The number of nitrogens with zero attached hydrogens (tertiary/aromatic N) is 2. The van der Waals surface area contributed by atoms with E-state index in [4.69, 9.17) is 9.47 Å². The lowest BCUT2D eigenvalue weighted by Gasteiger charge is -2.29. The molecule has 5 rings (SSSR count). The summed E-state index contributed by atoms with van der Waals surface area (Å²) >= 11 is 0. The third kappa shape index (κ3) is 6.80. The molecule has 1 aliphatic rings. The topological polar surface area (TPSA) is 107 Å². The van der Waals surface area contributed by atoms with Gasteiger partial charge >= 0.3 is 12.1 Å². The van der Waals surface area contributed by atoms with Crippen molar-refractivity contribution in [3.63, 3.8) is 0 Å². The van der Waals surface area contributed by atoms with Crippen molar-refractivity contribution >= 4 is 21.8 Å². The first-order chi connectivity index (χ1) is 20.2. The number of benzene rings is 3. The minimum absolute atomic E-state index is 0.0473. The van der Waals surface area contributed by atoms with Crippen LogP contribution in [0.15, 0.2) is 83.9 Å². The Kier molecular flexibility index (Phi) is 7.91. The molecule has 0 bridgehead atoms. The molecule has 3 aromatic carbocycles. The second-order valence-electron chi connectivity index (χ2n) is 11.0. The maximum absolute atomic E-state index is 13.8. The molecule has 0 radical (unpaired) electrons. The van der Waals surface area contributed by atoms with Gasteiger partial charge in [0.1, 0.15) is 11.4 Å². The number of nitrogens with one attached hydrogen (secondary N) is 1. The number of hydrogen-bond donors (Lipinski definition) is 1. The van der Waals surface area contributed by atoms with Crippen LogP contribution in [0.5, 0.6) is 5.75 Å². The van der Waals surface area contributed by atoms with E-state index >= 15 is 0 Å². The van der Waals surface area contributed by atoms with Crippen LogP contribution in [0.1, 0.15) is 60.2 Å². The molecule has 43 heavy (non-hydrogen) atoms. The summed E-state index contributed by atoms with van der Waals surface area (Å²) in [6.45, 7) is 5.45. The number of aromatic nitrogens is 2. The normalized spacial score (nSPS) is 15.3. The Morgan fingerprint density at radius 1 is 0.977 bits per heavy atom. The predicted molar refractivity (Wildman–Crippen MR) is 153 cm³/mol. The Hall–Kier alpha value is -4.45. The summed E-state index contributed by atoms with van der Waals surface area (Å²) in [7, 11) is -4.02. The lowest BCUT2D eigenvalue weighted by molar-refractivity contribution is -0.137. The molecule has 8 nitrogen and oxygen atoms in total. The number of anilines is 1. The smallest absolute Gasteiger partial charge is 0.416 e. The predicted octanol–water partition coefficient (Wildman–Crippen LogP) is 6.83. The van der Waals surface area contributed by atoms with E-state index in [9.17, 15) is 26.4 Å². The fourth-order valence-electron chi connectivity index (χ4n) is 4.82. The summed E-state index contributed by atoms with van der Waals surface area (Å²) < 4.78 is 80.9. The maximum atomic E-state index is 13.8. The maximum Gasteiger partial charge on any atom is 0.416 e. The van der Waals surface area contributed by atoms with Crippen molar-refractivity contribution in [1.29, 1.82) is 0 Å². The number of fused-ring (bicyclic) bond motifs is 1. The third-order valence-corrected chi connectivity index (χ3v) is 8.08. The summed E-state index contributed by atoms with van der Waals surface area (Å²) in [4.78, 5) is 12.4. The SMILES string of the molecule is CC(C)(C)OC(=O)c1ccc(-c2cc(C(F)(F)F)ccc2[C@H]2CCOc3cc(S(=O)(=O)Nc4cccnn4)ccc32)cc1. The highest BCUT2D eigenvalue weighted by molar-refractivity contribution is 7.92. The van der Waals surface area contributed by atoms with Crippen LogP contribution in [0, 0.1) is 0 Å². The van der Waals surface area contributed by atoms with Gasteiger partial charge in [0.2, 0.25) is 0 Å². The van der Waals surface area contributed by atoms with Gasteiger partial charge in [0.15, 0.2) is 5.82 Å². The van der Waals surface area contributed by atoms with Gasteiger partial charge in [0, 0.05) is 23.7 Å². The molecule has 1 aliphatic heterocycles. The second-order valence-corrected chi connectivity index (χ2v) is 12.7. The van der Waals surface area contributed by atoms with Gasteiger partial charge in [0.25, 0.3) is 10.0 Å². The molecule has 1 N–H and O–H groups in total. The first kappa shape index (κ1) is 30.0. The number of rotatable bonds is 6. The number of carbonyl (C=O) groups is 1. The van der Waals surface area contributed by atoms with Gasteiger partial charge in [-0.1, -0.05) is 24.3 Å². The molecule has 0 fully saturated rings. The average molecular weight is 612 g/mol. The zero-order chi connectivity index (χ0) is 31.0. The molecule has 4 aromatic rings. The van der Waals surface area contributed by atoms with Gasteiger partial charge in [0.05, 0.1) is 22.6 Å². The van der Waals surface area contributed by atoms with Crippen LogP contribution in [0.25, 0.3) is 11.1 Å². The van der Waals surface area contributed by atoms with Gasteiger partial charge in [-0.3, -0.25) is 4.72 Å². The minimum Gasteiger partial charge on any atom is -0.493 e. The van der Waals surface area contributed by atoms with Crippen molar-refractivity contribution in [3.8, 4) is 16.9 Å². The fourth-order valence-corrected chi connectivity index (χ4v) is 5.83. The quantitative estimate of drug-likeness (QED) is 0.238. The Labute approximate surface area is 246 Å². The molecule has 0 unspecified atom stereocenters. The van der Waals surface area contributed by atoms with E-state index in [0.29, 0.717) is 34.4 Å². The minimum atomic E-state index is -4.57. The summed E-state index contributed by atoms with van der Waals surface area (Å²) in [6, 6.07) is 17.2. The monoisotopic (exact) mass is 611 g/mol. The van der Waals surface area contributed by atoms with Gasteiger partial charge in [-0.05, 0) is 86.3 Å². The lowest BCUT2D eigenvalue weighted by Crippen LogP contribution is -2.23. The standard InChI is InChI=1S/C31H28F3N3O5S/c1-30(2,3)42-29(38)20-8-6-19(7-9-20)26-17-21(31(32,33)34)10-12-23(26)24-14-16-41-27-18-22(11-13-25(24)27)43(39,40)37-28-5-4-15-35-36-28/h4-13,15,17-18,24H,14,16H2,1-3H3,(H,36,37)/t24-/m1/s1. The van der Waals surface area contributed by atoms with Crippen molar-refractivity contribution in [1.82, 2.24) is 10.2 Å². The fraction of sp³-hybridized carbons (Fsp3) is 0.258. The van der Waals surface area contributed by atoms with E-state index in [0.717, 1.165) is 12.1 Å². The average Bonchev–Trinajstić information content (AvgIpc) is 2.95. The highest BCUT2D eigenvalue weighted by atomic mass is 32.2. The Morgan fingerprint density at radius 3 is 2.35 bits per heavy atom. The van der Waals surface area contributed by atoms with Crippen LogP contribution in [0.3, 0.4) is 0 Å². The highest BCUT2D eigenvalue weighted by Gasteiger charge is 2.33. The summed E-state index contributed by atoms with van der Waals surface area (Å²) in [6.07, 6.45) is -2.71. The number of sulfonamides is 1. The van der Waals surface area contributed by atoms with E-state index < -0.39 is 39.3 Å². The molecular weight excluding hydrogens is 583 g/mol. The lowest BCUT2D eigenvalue weighted by atomic mass is 9.82. The van der Waals surface area contributed by atoms with E-state index in [1.807, 2.05) is 0 Å². The van der Waals surface area contributed by atoms with Crippen LogP contribution in [0.2, 0.25) is 0 Å². The molecule has 1 atom stereocenters. The number of carbonyl (C=O) groups excluding carboxylic acids is 1. The van der Waals surface area contributed by atoms with Crippen molar-refractivity contribution in [2.45, 2.75) is 49.8 Å². The third-order valence-electron chi connectivity index (χ3n) is 6.73. The van der Waals surface area contributed by atoms with Crippen molar-refractivity contribution in [3.05, 3.63) is 101 Å². The molecular formula is C31H28F3N3O5S. The molecule has 1 aromatic heterocycles. The van der Waals surface area contributed by atoms with Gasteiger partial charge in [-0.2, -0.15) is 18.3 Å². The first-order valence-corrected chi connectivity index (χ1v) is 14.8. The van der Waals surface area contributed by atoms with E-state index in [1.165, 1.54) is 48.7 Å². The van der Waals surface area contributed by atoms with Crippen molar-refractivity contribution in [2.75, 3.05) is 11.3 Å². The molecule has 0 saturated heterocycles. The van der Waals surface area contributed by atoms with Crippen molar-refractivity contribution < 1.29 is 35.9 Å². The molecule has 2 heterocycles. The van der Waals surface area contributed by atoms with Crippen LogP contribution in [-0.4, -0.2) is 36.8 Å². The second kappa shape index (κ2) is 11.3. The molecule has 224 valence electrons. The molecule has 12 heteroatoms. The highest BCUT2D eigenvalue weighted by Crippen LogP contribution is 2.44. The van der Waals surface area contributed by atoms with Crippen LogP contribution in [-0.2, 0) is 20.9 Å². The van der Waals surface area contributed by atoms with E-state index in [2.05, 4.69) is 14.9 Å². The summed E-state index contributed by atoms with van der Waals surface area (Å²) in [5, 5.41) is 7.41. The number of esters is 1. The molecule has 0 saturated carbocycles. The van der Waals surface area contributed by atoms with Gasteiger partial charge in [-0.25, -0.2) is 13.2 Å².